The predicted molar refractivity (Wildman–Crippen MR) is 72.6 cm³/mol. The van der Waals surface area contributed by atoms with Crippen LogP contribution in [0.3, 0.4) is 0 Å². The zero-order valence-electron chi connectivity index (χ0n) is 10.7. The largest absolute Gasteiger partial charge is 0.573 e. The van der Waals surface area contributed by atoms with Crippen molar-refractivity contribution < 1.29 is 22.7 Å². The summed E-state index contributed by atoms with van der Waals surface area (Å²) in [4.78, 5) is 12.0. The molecule has 0 spiro atoms. The van der Waals surface area contributed by atoms with Crippen molar-refractivity contribution in [1.29, 1.82) is 0 Å². The molecule has 21 heavy (non-hydrogen) atoms. The van der Waals surface area contributed by atoms with Gasteiger partial charge in [-0.15, -0.1) is 13.2 Å². The second-order valence-corrected chi connectivity index (χ2v) is 4.74. The summed E-state index contributed by atoms with van der Waals surface area (Å²) in [7, 11) is 0. The highest BCUT2D eigenvalue weighted by Gasteiger charge is 2.31. The van der Waals surface area contributed by atoms with E-state index in [0.717, 1.165) is 17.7 Å². The molecule has 0 fully saturated rings. The van der Waals surface area contributed by atoms with Crippen molar-refractivity contribution in [3.63, 3.8) is 0 Å². The second kappa shape index (κ2) is 6.18. The zero-order chi connectivity index (χ0) is 15.5. The van der Waals surface area contributed by atoms with E-state index in [1.165, 1.54) is 12.1 Å². The molecule has 0 aliphatic heterocycles. The summed E-state index contributed by atoms with van der Waals surface area (Å²) in [5, 5.41) is 0.569. The third-order valence-corrected chi connectivity index (χ3v) is 2.94. The number of Topliss-reactive ketones (excluding diaryl/α,β-unsaturated/α-hetero) is 1. The van der Waals surface area contributed by atoms with Gasteiger partial charge in [-0.05, 0) is 42.0 Å². The number of hydrogen-bond donors (Lipinski definition) is 0. The molecule has 0 saturated heterocycles. The van der Waals surface area contributed by atoms with Crippen molar-refractivity contribution in [2.24, 2.45) is 0 Å². The summed E-state index contributed by atoms with van der Waals surface area (Å²) in [5.74, 6) is -0.554. The fourth-order valence-electron chi connectivity index (χ4n) is 1.73. The fourth-order valence-corrected chi connectivity index (χ4v) is 1.86. The van der Waals surface area contributed by atoms with Gasteiger partial charge in [0.15, 0.2) is 5.78 Å². The molecule has 2 nitrogen and oxygen atoms in total. The van der Waals surface area contributed by atoms with Crippen LogP contribution < -0.4 is 4.74 Å². The van der Waals surface area contributed by atoms with E-state index in [2.05, 4.69) is 4.74 Å². The van der Waals surface area contributed by atoms with Crippen molar-refractivity contribution in [2.45, 2.75) is 12.8 Å². The summed E-state index contributed by atoms with van der Waals surface area (Å²) < 4.78 is 39.8. The number of carbonyl (C=O) groups excluding carboxylic acids is 1. The molecule has 0 N–H and O–H groups in total. The van der Waals surface area contributed by atoms with Crippen LogP contribution in [0.1, 0.15) is 15.9 Å². The molecule has 0 aliphatic carbocycles. The van der Waals surface area contributed by atoms with Crippen LogP contribution in [0.2, 0.25) is 5.02 Å². The molecular formula is C15H10ClF3O2. The molecule has 2 aromatic rings. The summed E-state index contributed by atoms with van der Waals surface area (Å²) in [6.07, 6.45) is -4.59. The lowest BCUT2D eigenvalue weighted by molar-refractivity contribution is -0.274. The van der Waals surface area contributed by atoms with Gasteiger partial charge >= 0.3 is 6.36 Å². The van der Waals surface area contributed by atoms with E-state index in [1.54, 1.807) is 24.3 Å². The molecular weight excluding hydrogens is 305 g/mol. The summed E-state index contributed by atoms with van der Waals surface area (Å²) in [5.41, 5.74) is 1.10. The lowest BCUT2D eigenvalue weighted by Crippen LogP contribution is -2.17. The molecule has 0 aliphatic rings. The zero-order valence-corrected chi connectivity index (χ0v) is 11.4. The highest BCUT2D eigenvalue weighted by atomic mass is 35.5. The Labute approximate surface area is 124 Å². The van der Waals surface area contributed by atoms with Crippen LogP contribution >= 0.6 is 11.6 Å². The molecule has 0 radical (unpaired) electrons. The molecule has 0 heterocycles. The van der Waals surface area contributed by atoms with Gasteiger partial charge in [0.25, 0.3) is 0 Å². The molecule has 110 valence electrons. The third kappa shape index (κ3) is 4.79. The minimum absolute atomic E-state index is 0.149. The van der Waals surface area contributed by atoms with E-state index in [1.807, 2.05) is 0 Å². The molecule has 0 aromatic heterocycles. The standard InChI is InChI=1S/C15H10ClF3O2/c16-12-5-1-10(2-6-12)9-14(20)11-3-7-13(8-4-11)21-15(17,18)19/h1-8H,9H2. The molecule has 2 rings (SSSR count). The fraction of sp³-hybridized carbons (Fsp3) is 0.133. The smallest absolute Gasteiger partial charge is 0.406 e. The molecule has 6 heteroatoms. The molecule has 0 unspecified atom stereocenters. The van der Waals surface area contributed by atoms with Crippen LogP contribution in [0.5, 0.6) is 5.75 Å². The minimum atomic E-state index is -4.74. The SMILES string of the molecule is O=C(Cc1ccc(Cl)cc1)c1ccc(OC(F)(F)F)cc1. The number of hydrogen-bond acceptors (Lipinski definition) is 2. The first kappa shape index (κ1) is 15.4. The first-order valence-electron chi connectivity index (χ1n) is 5.97. The normalized spacial score (nSPS) is 11.2. The number of rotatable bonds is 4. The second-order valence-electron chi connectivity index (χ2n) is 4.30. The number of alkyl halides is 3. The Morgan fingerprint density at radius 3 is 2.10 bits per heavy atom. The van der Waals surface area contributed by atoms with Gasteiger partial charge in [-0.25, -0.2) is 0 Å². The van der Waals surface area contributed by atoms with Crippen LogP contribution in [-0.2, 0) is 6.42 Å². The quantitative estimate of drug-likeness (QED) is 0.767. The molecule has 0 atom stereocenters. The van der Waals surface area contributed by atoms with Gasteiger partial charge in [0.2, 0.25) is 0 Å². The van der Waals surface area contributed by atoms with Gasteiger partial charge in [0.1, 0.15) is 5.75 Å². The average Bonchev–Trinajstić information content (AvgIpc) is 2.40. The van der Waals surface area contributed by atoms with E-state index in [9.17, 15) is 18.0 Å². The maximum absolute atomic E-state index is 12.0. The lowest BCUT2D eigenvalue weighted by Gasteiger charge is -2.09. The van der Waals surface area contributed by atoms with E-state index in [0.29, 0.717) is 10.6 Å². The summed E-state index contributed by atoms with van der Waals surface area (Å²) in [6.45, 7) is 0. The molecule has 0 saturated carbocycles. The maximum atomic E-state index is 12.0. The van der Waals surface area contributed by atoms with Gasteiger partial charge in [-0.1, -0.05) is 23.7 Å². The number of carbonyl (C=O) groups is 1. The Kier molecular flexibility index (Phi) is 4.53. The Hall–Kier alpha value is -2.01. The van der Waals surface area contributed by atoms with Crippen molar-refractivity contribution in [2.75, 3.05) is 0 Å². The maximum Gasteiger partial charge on any atom is 0.573 e. The van der Waals surface area contributed by atoms with Crippen molar-refractivity contribution in [1.82, 2.24) is 0 Å². The third-order valence-electron chi connectivity index (χ3n) is 2.69. The number of ketones is 1. The predicted octanol–water partition coefficient (Wildman–Crippen LogP) is 4.66. The van der Waals surface area contributed by atoms with Crippen LogP contribution in [0, 0.1) is 0 Å². The highest BCUT2D eigenvalue weighted by Crippen LogP contribution is 2.23. The Bertz CT molecular complexity index is 619. The van der Waals surface area contributed by atoms with E-state index < -0.39 is 6.36 Å². The first-order valence-corrected chi connectivity index (χ1v) is 6.35. The van der Waals surface area contributed by atoms with E-state index in [-0.39, 0.29) is 18.0 Å². The van der Waals surface area contributed by atoms with Crippen LogP contribution in [0.4, 0.5) is 13.2 Å². The van der Waals surface area contributed by atoms with Crippen LogP contribution in [0.25, 0.3) is 0 Å². The van der Waals surface area contributed by atoms with Crippen molar-refractivity contribution in [3.05, 3.63) is 64.7 Å². The summed E-state index contributed by atoms with van der Waals surface area (Å²) >= 11 is 5.74. The summed E-state index contributed by atoms with van der Waals surface area (Å²) in [6, 6.07) is 11.6. The van der Waals surface area contributed by atoms with Gasteiger partial charge in [0, 0.05) is 17.0 Å². The Morgan fingerprint density at radius 2 is 1.57 bits per heavy atom. The van der Waals surface area contributed by atoms with Gasteiger partial charge in [-0.3, -0.25) is 4.79 Å². The van der Waals surface area contributed by atoms with E-state index >= 15 is 0 Å². The van der Waals surface area contributed by atoms with Gasteiger partial charge < -0.3 is 4.74 Å². The van der Waals surface area contributed by atoms with Gasteiger partial charge in [-0.2, -0.15) is 0 Å². The van der Waals surface area contributed by atoms with Crippen molar-refractivity contribution >= 4 is 17.4 Å². The van der Waals surface area contributed by atoms with Gasteiger partial charge in [0.05, 0.1) is 0 Å². The number of benzene rings is 2. The lowest BCUT2D eigenvalue weighted by atomic mass is 10.0. The van der Waals surface area contributed by atoms with E-state index in [4.69, 9.17) is 11.6 Å². The number of ether oxygens (including phenoxy) is 1. The molecule has 0 amide bonds. The molecule has 2 aromatic carbocycles. The Morgan fingerprint density at radius 1 is 1.00 bits per heavy atom. The van der Waals surface area contributed by atoms with Crippen molar-refractivity contribution in [3.8, 4) is 5.75 Å². The number of halogens is 4. The minimum Gasteiger partial charge on any atom is -0.406 e. The monoisotopic (exact) mass is 314 g/mol. The molecule has 0 bridgehead atoms. The topological polar surface area (TPSA) is 26.3 Å². The van der Waals surface area contributed by atoms with Crippen LogP contribution in [0.15, 0.2) is 48.5 Å². The first-order chi connectivity index (χ1) is 9.83. The average molecular weight is 315 g/mol. The highest BCUT2D eigenvalue weighted by molar-refractivity contribution is 6.30. The van der Waals surface area contributed by atoms with Crippen LogP contribution in [-0.4, -0.2) is 12.1 Å². The Balaban J connectivity index is 2.04.